The molecule has 4 rings (SSSR count). The molecule has 2 heterocycles. The van der Waals surface area contributed by atoms with E-state index >= 15 is 0 Å². The van der Waals surface area contributed by atoms with E-state index in [0.717, 1.165) is 29.7 Å². The number of halogens is 1. The molecule has 2 aromatic rings. The zero-order chi connectivity index (χ0) is 20.2. The summed E-state index contributed by atoms with van der Waals surface area (Å²) in [5.74, 6) is 0.147. The van der Waals surface area contributed by atoms with Crippen LogP contribution in [0, 0.1) is 11.7 Å². The molecule has 1 aliphatic carbocycles. The van der Waals surface area contributed by atoms with Gasteiger partial charge < -0.3 is 15.6 Å². The summed E-state index contributed by atoms with van der Waals surface area (Å²) >= 11 is 0. The first-order valence-electron chi connectivity index (χ1n) is 10.6. The van der Waals surface area contributed by atoms with Crippen LogP contribution in [0.25, 0.3) is 10.9 Å². The zero-order valence-corrected chi connectivity index (χ0v) is 16.7. The molecule has 29 heavy (non-hydrogen) atoms. The molecule has 1 aromatic carbocycles. The molecule has 2 fully saturated rings. The molecular weight excluding hydrogens is 371 g/mol. The third-order valence-electron chi connectivity index (χ3n) is 6.15. The Morgan fingerprint density at radius 3 is 2.86 bits per heavy atom. The van der Waals surface area contributed by atoms with Crippen LogP contribution in [0.4, 0.5) is 4.39 Å². The zero-order valence-electron chi connectivity index (χ0n) is 16.7. The van der Waals surface area contributed by atoms with E-state index in [0.29, 0.717) is 19.0 Å². The lowest BCUT2D eigenvalue weighted by Crippen LogP contribution is -2.57. The molecule has 156 valence electrons. The van der Waals surface area contributed by atoms with E-state index in [-0.39, 0.29) is 24.1 Å². The summed E-state index contributed by atoms with van der Waals surface area (Å²) in [4.78, 5) is 30.4. The fraction of sp³-hybridized carbons (Fsp3) is 0.545. The van der Waals surface area contributed by atoms with Crippen molar-refractivity contribution in [3.8, 4) is 0 Å². The Bertz CT molecular complexity index is 875. The number of carbonyl (C=O) groups excluding carboxylic acids is 2. The molecule has 1 saturated carbocycles. The molecule has 0 spiro atoms. The van der Waals surface area contributed by atoms with Gasteiger partial charge >= 0.3 is 0 Å². The molecule has 1 aromatic heterocycles. The lowest BCUT2D eigenvalue weighted by Gasteiger charge is -2.37. The van der Waals surface area contributed by atoms with Crippen LogP contribution < -0.4 is 10.6 Å². The molecule has 1 saturated heterocycles. The molecule has 0 bridgehead atoms. The minimum atomic E-state index is -0.400. The van der Waals surface area contributed by atoms with Crippen LogP contribution in [-0.2, 0) is 16.1 Å². The molecule has 1 aliphatic heterocycles. The number of benzene rings is 1. The van der Waals surface area contributed by atoms with Gasteiger partial charge in [-0.15, -0.1) is 0 Å². The van der Waals surface area contributed by atoms with Gasteiger partial charge in [0, 0.05) is 36.2 Å². The molecular formula is C22H29FN4O2. The van der Waals surface area contributed by atoms with Gasteiger partial charge in [-0.05, 0) is 43.0 Å². The van der Waals surface area contributed by atoms with Gasteiger partial charge in [0.25, 0.3) is 0 Å². The number of nitrogens with zero attached hydrogens (tertiary/aromatic N) is 1. The van der Waals surface area contributed by atoms with Crippen molar-refractivity contribution in [3.05, 3.63) is 35.8 Å². The van der Waals surface area contributed by atoms with Gasteiger partial charge in [-0.3, -0.25) is 14.5 Å². The summed E-state index contributed by atoms with van der Waals surface area (Å²) in [5, 5.41) is 6.57. The van der Waals surface area contributed by atoms with Crippen molar-refractivity contribution in [1.29, 1.82) is 0 Å². The fourth-order valence-corrected chi connectivity index (χ4v) is 4.60. The molecule has 2 amide bonds. The monoisotopic (exact) mass is 400 g/mol. The maximum absolute atomic E-state index is 13.3. The van der Waals surface area contributed by atoms with Crippen molar-refractivity contribution in [3.63, 3.8) is 0 Å². The van der Waals surface area contributed by atoms with Crippen LogP contribution in [0.1, 0.15) is 44.2 Å². The van der Waals surface area contributed by atoms with Gasteiger partial charge in [0.2, 0.25) is 11.8 Å². The number of aromatic amines is 1. The van der Waals surface area contributed by atoms with E-state index in [1.54, 1.807) is 6.07 Å². The van der Waals surface area contributed by atoms with Crippen molar-refractivity contribution < 1.29 is 14.0 Å². The minimum absolute atomic E-state index is 0.0525. The normalized spacial score (nSPS) is 21.3. The lowest BCUT2D eigenvalue weighted by molar-refractivity contribution is -0.134. The van der Waals surface area contributed by atoms with E-state index < -0.39 is 6.04 Å². The largest absolute Gasteiger partial charge is 0.357 e. The molecule has 2 aliphatic rings. The maximum atomic E-state index is 13.3. The van der Waals surface area contributed by atoms with Gasteiger partial charge in [0.1, 0.15) is 5.82 Å². The van der Waals surface area contributed by atoms with E-state index in [9.17, 15) is 14.0 Å². The summed E-state index contributed by atoms with van der Waals surface area (Å²) in [6.07, 6.45) is 6.45. The first kappa shape index (κ1) is 19.9. The Kier molecular flexibility index (Phi) is 6.13. The maximum Gasteiger partial charge on any atom is 0.237 e. The Balaban J connectivity index is 1.33. The predicted molar refractivity (Wildman–Crippen MR) is 110 cm³/mol. The highest BCUT2D eigenvalue weighted by Gasteiger charge is 2.33. The smallest absolute Gasteiger partial charge is 0.237 e. The van der Waals surface area contributed by atoms with Crippen LogP contribution in [-0.4, -0.2) is 47.4 Å². The van der Waals surface area contributed by atoms with Crippen molar-refractivity contribution in [1.82, 2.24) is 20.5 Å². The van der Waals surface area contributed by atoms with Crippen LogP contribution in [0.5, 0.6) is 0 Å². The second-order valence-electron chi connectivity index (χ2n) is 8.31. The average molecular weight is 400 g/mol. The van der Waals surface area contributed by atoms with Gasteiger partial charge in [-0.25, -0.2) is 4.39 Å². The molecule has 6 nitrogen and oxygen atoms in total. The molecule has 0 radical (unpaired) electrons. The van der Waals surface area contributed by atoms with Crippen LogP contribution in [0.15, 0.2) is 24.3 Å². The Morgan fingerprint density at radius 2 is 2.03 bits per heavy atom. The van der Waals surface area contributed by atoms with Crippen molar-refractivity contribution in [2.75, 3.05) is 19.6 Å². The van der Waals surface area contributed by atoms with Crippen molar-refractivity contribution in [2.45, 2.75) is 51.1 Å². The quantitative estimate of drug-likeness (QED) is 0.698. The highest BCUT2D eigenvalue weighted by Crippen LogP contribution is 2.26. The third kappa shape index (κ3) is 4.96. The highest BCUT2D eigenvalue weighted by atomic mass is 19.1. The number of nitrogens with one attached hydrogen (secondary N) is 3. The minimum Gasteiger partial charge on any atom is -0.357 e. The number of rotatable bonds is 6. The number of amides is 2. The topological polar surface area (TPSA) is 77.2 Å². The van der Waals surface area contributed by atoms with Crippen LogP contribution in [0.3, 0.4) is 0 Å². The number of fused-ring (bicyclic) bond motifs is 1. The SMILES string of the molecule is O=C(CC1C(=O)NCCN1CC1CCCCC1)NCc1cc2cc(F)ccc2[nH]1. The Morgan fingerprint density at radius 1 is 1.21 bits per heavy atom. The van der Waals surface area contributed by atoms with E-state index in [4.69, 9.17) is 0 Å². The summed E-state index contributed by atoms with van der Waals surface area (Å²) in [6.45, 7) is 2.67. The number of carbonyl (C=O) groups is 2. The molecule has 1 unspecified atom stereocenters. The van der Waals surface area contributed by atoms with Crippen LogP contribution in [0.2, 0.25) is 0 Å². The molecule has 7 heteroatoms. The number of aromatic nitrogens is 1. The van der Waals surface area contributed by atoms with E-state index in [2.05, 4.69) is 20.5 Å². The Labute approximate surface area is 170 Å². The summed E-state index contributed by atoms with van der Waals surface area (Å²) < 4.78 is 13.3. The molecule has 1 atom stereocenters. The van der Waals surface area contributed by atoms with E-state index in [1.165, 1.54) is 44.2 Å². The third-order valence-corrected chi connectivity index (χ3v) is 6.15. The van der Waals surface area contributed by atoms with Crippen molar-refractivity contribution in [2.24, 2.45) is 5.92 Å². The van der Waals surface area contributed by atoms with Gasteiger partial charge in [0.15, 0.2) is 0 Å². The summed E-state index contributed by atoms with van der Waals surface area (Å²) in [6, 6.07) is 5.99. The van der Waals surface area contributed by atoms with Gasteiger partial charge in [-0.1, -0.05) is 19.3 Å². The van der Waals surface area contributed by atoms with Crippen molar-refractivity contribution >= 4 is 22.7 Å². The summed E-state index contributed by atoms with van der Waals surface area (Å²) in [5.41, 5.74) is 1.65. The Hall–Kier alpha value is -2.41. The summed E-state index contributed by atoms with van der Waals surface area (Å²) in [7, 11) is 0. The second kappa shape index (κ2) is 8.95. The molecule has 3 N–H and O–H groups in total. The number of hydrogen-bond donors (Lipinski definition) is 3. The predicted octanol–water partition coefficient (Wildman–Crippen LogP) is 2.69. The first-order chi connectivity index (χ1) is 14.1. The highest BCUT2D eigenvalue weighted by molar-refractivity contribution is 5.89. The average Bonchev–Trinajstić information content (AvgIpc) is 3.12. The standard InChI is InChI=1S/C22H29FN4O2/c23-17-6-7-19-16(10-17)11-18(26-19)13-25-21(28)12-20-22(29)24-8-9-27(20)14-15-4-2-1-3-5-15/h6-7,10-11,15,20,26H,1-5,8-9,12-14H2,(H,24,29)(H,25,28). The van der Waals surface area contributed by atoms with Crippen LogP contribution >= 0.6 is 0 Å². The number of H-pyrrole nitrogens is 1. The second-order valence-corrected chi connectivity index (χ2v) is 8.31. The van der Waals surface area contributed by atoms with Gasteiger partial charge in [0.05, 0.1) is 19.0 Å². The first-order valence-corrected chi connectivity index (χ1v) is 10.6. The van der Waals surface area contributed by atoms with E-state index in [1.807, 2.05) is 6.07 Å². The number of piperazine rings is 1. The fourth-order valence-electron chi connectivity index (χ4n) is 4.60. The number of hydrogen-bond acceptors (Lipinski definition) is 3. The van der Waals surface area contributed by atoms with Gasteiger partial charge in [-0.2, -0.15) is 0 Å². The lowest BCUT2D eigenvalue weighted by atomic mass is 9.88.